The van der Waals surface area contributed by atoms with Crippen molar-refractivity contribution in [2.75, 3.05) is 11.8 Å². The van der Waals surface area contributed by atoms with Crippen molar-refractivity contribution in [2.24, 2.45) is 4.99 Å². The fraction of sp³-hybridized carbons (Fsp3) is 0.200. The van der Waals surface area contributed by atoms with Crippen LogP contribution in [0.4, 0.5) is 16.0 Å². The molecule has 4 rings (SSSR count). The van der Waals surface area contributed by atoms with E-state index in [1.807, 2.05) is 0 Å². The Bertz CT molecular complexity index is 1680. The lowest BCUT2D eigenvalue weighted by atomic mass is 10.1. The second kappa shape index (κ2) is 10.5. The maximum absolute atomic E-state index is 13.4. The van der Waals surface area contributed by atoms with E-state index in [1.54, 1.807) is 20.8 Å². The first kappa shape index (κ1) is 26.5. The number of nitrogens with zero attached hydrogens (tertiary/aromatic N) is 3. The first-order valence-electron chi connectivity index (χ1n) is 11.3. The zero-order chi connectivity index (χ0) is 27.6. The average molecular weight is 542 g/mol. The van der Waals surface area contributed by atoms with Gasteiger partial charge in [-0.3, -0.25) is 19.7 Å². The molecule has 0 aliphatic rings. The Morgan fingerprint density at radius 1 is 1.16 bits per heavy atom. The van der Waals surface area contributed by atoms with Crippen molar-refractivity contribution in [3.05, 3.63) is 87.2 Å². The van der Waals surface area contributed by atoms with Crippen LogP contribution in [0.25, 0.3) is 5.69 Å². The van der Waals surface area contributed by atoms with Crippen molar-refractivity contribution in [2.45, 2.75) is 32.1 Å². The van der Waals surface area contributed by atoms with Crippen molar-refractivity contribution in [3.8, 4) is 5.69 Å². The average Bonchev–Trinajstić information content (AvgIpc) is 3.37. The van der Waals surface area contributed by atoms with Crippen molar-refractivity contribution in [1.29, 1.82) is 0 Å². The van der Waals surface area contributed by atoms with E-state index in [0.717, 1.165) is 0 Å². The molecule has 0 aliphatic carbocycles. The number of aromatic nitrogens is 3. The Hall–Kier alpha value is -4.52. The van der Waals surface area contributed by atoms with Gasteiger partial charge in [0.1, 0.15) is 5.82 Å². The number of hydrogen-bond donors (Lipinski definition) is 2. The minimum absolute atomic E-state index is 0.0310. The molecule has 2 heterocycles. The molecule has 13 heteroatoms. The molecule has 0 aliphatic heterocycles. The van der Waals surface area contributed by atoms with E-state index in [2.05, 4.69) is 20.0 Å². The van der Waals surface area contributed by atoms with Crippen LogP contribution < -0.4 is 10.3 Å². The lowest BCUT2D eigenvalue weighted by Crippen LogP contribution is -2.20. The number of nitrogens with one attached hydrogen (secondary N) is 2. The minimum Gasteiger partial charge on any atom is -0.469 e. The number of benzene rings is 2. The van der Waals surface area contributed by atoms with Crippen LogP contribution in [-0.4, -0.2) is 42.1 Å². The van der Waals surface area contributed by atoms with Crippen molar-refractivity contribution in [3.63, 3.8) is 0 Å². The maximum atomic E-state index is 13.4. The van der Waals surface area contributed by atoms with Crippen LogP contribution in [0.15, 0.2) is 67.7 Å². The van der Waals surface area contributed by atoms with Gasteiger partial charge in [-0.25, -0.2) is 22.2 Å². The summed E-state index contributed by atoms with van der Waals surface area (Å²) in [5, 5.41) is 6.61. The fourth-order valence-electron chi connectivity index (χ4n) is 3.61. The number of aromatic amines is 1. The van der Waals surface area contributed by atoms with E-state index >= 15 is 0 Å². The quantitative estimate of drug-likeness (QED) is 0.256. The normalized spacial score (nSPS) is 12.0. The number of anilines is 1. The summed E-state index contributed by atoms with van der Waals surface area (Å²) in [5.41, 5.74) is 2.03. The molecule has 0 amide bonds. The van der Waals surface area contributed by atoms with Gasteiger partial charge in [-0.1, -0.05) is 5.16 Å². The third kappa shape index (κ3) is 5.42. The third-order valence-electron chi connectivity index (χ3n) is 5.79. The number of ether oxygens (including phenoxy) is 1. The molecule has 2 aromatic carbocycles. The van der Waals surface area contributed by atoms with Crippen molar-refractivity contribution < 1.29 is 26.9 Å². The number of sulfonamides is 1. The molecule has 0 bridgehead atoms. The van der Waals surface area contributed by atoms with Crippen LogP contribution in [0.5, 0.6) is 0 Å². The Morgan fingerprint density at radius 3 is 2.39 bits per heavy atom. The summed E-state index contributed by atoms with van der Waals surface area (Å²) in [6, 6.07) is 10.9. The van der Waals surface area contributed by atoms with Gasteiger partial charge in [0.05, 0.1) is 52.5 Å². The molecule has 198 valence electrons. The zero-order valence-electron chi connectivity index (χ0n) is 20.9. The summed E-state index contributed by atoms with van der Waals surface area (Å²) >= 11 is 0. The second-order valence-electron chi connectivity index (χ2n) is 8.35. The molecule has 0 saturated carbocycles. The first-order valence-corrected chi connectivity index (χ1v) is 12.8. The minimum atomic E-state index is -3.95. The third-order valence-corrected chi connectivity index (χ3v) is 7.14. The largest absolute Gasteiger partial charge is 0.469 e. The number of halogens is 1. The zero-order valence-corrected chi connectivity index (χ0v) is 21.7. The molecule has 38 heavy (non-hydrogen) atoms. The van der Waals surface area contributed by atoms with E-state index in [9.17, 15) is 22.4 Å². The van der Waals surface area contributed by atoms with Gasteiger partial charge in [0.25, 0.3) is 15.6 Å². The summed E-state index contributed by atoms with van der Waals surface area (Å²) in [6.07, 6.45) is -0.231. The molecule has 4 aromatic rings. The Kier molecular flexibility index (Phi) is 7.30. The number of carbonyl (C=O) groups is 1. The Balaban J connectivity index is 1.67. The highest BCUT2D eigenvalue weighted by atomic mass is 32.2. The van der Waals surface area contributed by atoms with Crippen molar-refractivity contribution in [1.82, 2.24) is 14.9 Å². The highest BCUT2D eigenvalue weighted by Gasteiger charge is 2.22. The molecule has 0 atom stereocenters. The lowest BCUT2D eigenvalue weighted by Gasteiger charge is -2.06. The summed E-state index contributed by atoms with van der Waals surface area (Å²) in [5.74, 6) is -1.01. The maximum Gasteiger partial charge on any atom is 0.311 e. The van der Waals surface area contributed by atoms with Crippen LogP contribution in [0.2, 0.25) is 0 Å². The molecule has 0 spiro atoms. The van der Waals surface area contributed by atoms with E-state index < -0.39 is 27.4 Å². The molecule has 2 N–H and O–H groups in total. The highest BCUT2D eigenvalue weighted by Crippen LogP contribution is 2.24. The number of rotatable bonds is 8. The number of esters is 1. The molecule has 0 saturated heterocycles. The summed E-state index contributed by atoms with van der Waals surface area (Å²) < 4.78 is 52.2. The van der Waals surface area contributed by atoms with Crippen LogP contribution >= 0.6 is 0 Å². The highest BCUT2D eigenvalue weighted by molar-refractivity contribution is 7.92. The molecular formula is C25H24FN5O6S. The molecule has 0 unspecified atom stereocenters. The predicted molar refractivity (Wildman–Crippen MR) is 137 cm³/mol. The predicted octanol–water partition coefficient (Wildman–Crippen LogP) is 3.57. The molecule has 11 nitrogen and oxygen atoms in total. The van der Waals surface area contributed by atoms with Crippen LogP contribution in [0.1, 0.15) is 29.4 Å². The van der Waals surface area contributed by atoms with E-state index in [-0.39, 0.29) is 34.2 Å². The standard InChI is InChI=1S/C25H24FN5O6S/c1-14-15(2)29-37-24(14)30-38(34,35)20-11-7-18(8-12-20)27-16(3)23-21(13-22(32)36-4)28-31(25(23)33)19-9-5-17(26)6-10-19/h5-12,28,30H,13H2,1-4H3. The number of methoxy groups -OCH3 is 1. The Labute approximate surface area is 217 Å². The number of hydrogen-bond acceptors (Lipinski definition) is 8. The van der Waals surface area contributed by atoms with Gasteiger partial charge in [0, 0.05) is 5.56 Å². The van der Waals surface area contributed by atoms with Crippen LogP contribution in [0.3, 0.4) is 0 Å². The lowest BCUT2D eigenvalue weighted by molar-refractivity contribution is -0.139. The van der Waals surface area contributed by atoms with E-state index in [4.69, 9.17) is 9.26 Å². The van der Waals surface area contributed by atoms with Crippen molar-refractivity contribution >= 4 is 33.3 Å². The van der Waals surface area contributed by atoms with Gasteiger partial charge in [-0.05, 0) is 69.3 Å². The first-order chi connectivity index (χ1) is 18.0. The van der Waals surface area contributed by atoms with E-state index in [0.29, 0.717) is 22.6 Å². The van der Waals surface area contributed by atoms with Gasteiger partial charge < -0.3 is 9.26 Å². The summed E-state index contributed by atoms with van der Waals surface area (Å²) in [4.78, 5) is 29.7. The summed E-state index contributed by atoms with van der Waals surface area (Å²) in [7, 11) is -2.72. The topological polar surface area (TPSA) is 149 Å². The van der Waals surface area contributed by atoms with E-state index in [1.165, 1.54) is 60.3 Å². The van der Waals surface area contributed by atoms with Gasteiger partial charge in [-0.15, -0.1) is 0 Å². The molecule has 0 radical (unpaired) electrons. The Morgan fingerprint density at radius 2 is 1.82 bits per heavy atom. The number of aryl methyl sites for hydroxylation is 1. The molecule has 2 aromatic heterocycles. The number of aliphatic imine (C=N–C) groups is 1. The molecule has 0 fully saturated rings. The van der Waals surface area contributed by atoms with Gasteiger partial charge in [0.15, 0.2) is 0 Å². The van der Waals surface area contributed by atoms with Gasteiger partial charge in [-0.2, -0.15) is 0 Å². The smallest absolute Gasteiger partial charge is 0.311 e. The van der Waals surface area contributed by atoms with Crippen LogP contribution in [0, 0.1) is 19.7 Å². The monoisotopic (exact) mass is 541 g/mol. The summed E-state index contributed by atoms with van der Waals surface area (Å²) in [6.45, 7) is 4.96. The molecular weight excluding hydrogens is 517 g/mol. The SMILES string of the molecule is COC(=O)Cc1[nH]n(-c2ccc(F)cc2)c(=O)c1C(C)=Nc1ccc(S(=O)(=O)Nc2onc(C)c2C)cc1. The fourth-order valence-corrected chi connectivity index (χ4v) is 4.66. The number of H-pyrrole nitrogens is 1. The number of carbonyl (C=O) groups excluding carboxylic acids is 1. The van der Waals surface area contributed by atoms with Gasteiger partial charge >= 0.3 is 5.97 Å². The van der Waals surface area contributed by atoms with Gasteiger partial charge in [0.2, 0.25) is 5.88 Å². The second-order valence-corrected chi connectivity index (χ2v) is 10.0. The van der Waals surface area contributed by atoms with Crippen LogP contribution in [-0.2, 0) is 26.0 Å².